The highest BCUT2D eigenvalue weighted by Crippen LogP contribution is 2.18. The zero-order chi connectivity index (χ0) is 18.5. The number of nitrogen functional groups attached to an aromatic ring is 1. The lowest BCUT2D eigenvalue weighted by atomic mass is 10.2. The highest BCUT2D eigenvalue weighted by molar-refractivity contribution is 6.31. The fourth-order valence-corrected chi connectivity index (χ4v) is 2.59. The molecule has 1 heterocycles. The molecule has 0 saturated carbocycles. The molecule has 0 atom stereocenters. The maximum Gasteiger partial charge on any atom is 0.275 e. The van der Waals surface area contributed by atoms with Crippen LogP contribution in [0.25, 0.3) is 0 Å². The topological polar surface area (TPSA) is 95.1 Å². The number of benzene rings is 2. The first-order chi connectivity index (χ1) is 12.6. The Balaban J connectivity index is 1.66. The zero-order valence-corrected chi connectivity index (χ0v) is 14.9. The maximum absolute atomic E-state index is 12.3. The number of carbonyl (C=O) groups is 1. The molecule has 1 amide bonds. The minimum atomic E-state index is -0.385. The molecule has 0 spiro atoms. The zero-order valence-electron chi connectivity index (χ0n) is 14.1. The molecule has 0 radical (unpaired) electrons. The molecule has 3 aromatic rings. The summed E-state index contributed by atoms with van der Waals surface area (Å²) in [6.07, 6.45) is 0. The standard InChI is InChI=1S/C18H18ClN5O2/c1-26-14-8-6-12(7-9-14)10-21-18(25)16-17(20)24(23-22-16)11-13-4-2-3-5-15(13)19/h2-9H,10-11,20H2,1H3,(H,21,25). The predicted molar refractivity (Wildman–Crippen MR) is 99.2 cm³/mol. The number of anilines is 1. The summed E-state index contributed by atoms with van der Waals surface area (Å²) in [5, 5.41) is 11.2. The second-order valence-corrected chi connectivity index (χ2v) is 6.01. The van der Waals surface area contributed by atoms with Crippen molar-refractivity contribution in [3.05, 3.63) is 70.4 Å². The number of nitrogens with two attached hydrogens (primary N) is 1. The van der Waals surface area contributed by atoms with Gasteiger partial charge >= 0.3 is 0 Å². The fourth-order valence-electron chi connectivity index (χ4n) is 2.40. The van der Waals surface area contributed by atoms with Crippen LogP contribution in [0.15, 0.2) is 48.5 Å². The van der Waals surface area contributed by atoms with Gasteiger partial charge in [0, 0.05) is 11.6 Å². The Hall–Kier alpha value is -3.06. The van der Waals surface area contributed by atoms with Crippen molar-refractivity contribution in [3.63, 3.8) is 0 Å². The van der Waals surface area contributed by atoms with Crippen LogP contribution >= 0.6 is 11.6 Å². The number of nitrogens with one attached hydrogen (secondary N) is 1. The van der Waals surface area contributed by atoms with Crippen LogP contribution in [0, 0.1) is 0 Å². The normalized spacial score (nSPS) is 10.5. The van der Waals surface area contributed by atoms with Crippen molar-refractivity contribution in [1.82, 2.24) is 20.3 Å². The van der Waals surface area contributed by atoms with Crippen LogP contribution in [-0.4, -0.2) is 28.0 Å². The van der Waals surface area contributed by atoms with Gasteiger partial charge < -0.3 is 15.8 Å². The second kappa shape index (κ2) is 7.88. The Labute approximate surface area is 155 Å². The smallest absolute Gasteiger partial charge is 0.275 e. The van der Waals surface area contributed by atoms with Crippen LogP contribution in [0.1, 0.15) is 21.6 Å². The van der Waals surface area contributed by atoms with E-state index in [1.165, 1.54) is 4.68 Å². The van der Waals surface area contributed by atoms with Gasteiger partial charge in [-0.25, -0.2) is 4.68 Å². The van der Waals surface area contributed by atoms with Crippen molar-refractivity contribution < 1.29 is 9.53 Å². The van der Waals surface area contributed by atoms with E-state index in [1.54, 1.807) is 13.2 Å². The number of methoxy groups -OCH3 is 1. The minimum Gasteiger partial charge on any atom is -0.497 e. The van der Waals surface area contributed by atoms with Crippen molar-refractivity contribution in [1.29, 1.82) is 0 Å². The van der Waals surface area contributed by atoms with Gasteiger partial charge in [-0.05, 0) is 29.3 Å². The molecule has 0 saturated heterocycles. The molecule has 7 nitrogen and oxygen atoms in total. The number of carbonyl (C=O) groups excluding carboxylic acids is 1. The molecule has 0 bridgehead atoms. The van der Waals surface area contributed by atoms with Gasteiger partial charge in [0.2, 0.25) is 0 Å². The van der Waals surface area contributed by atoms with E-state index in [1.807, 2.05) is 42.5 Å². The number of aromatic nitrogens is 3. The van der Waals surface area contributed by atoms with Crippen molar-refractivity contribution in [3.8, 4) is 5.75 Å². The lowest BCUT2D eigenvalue weighted by Gasteiger charge is -2.07. The lowest BCUT2D eigenvalue weighted by molar-refractivity contribution is 0.0946. The molecular weight excluding hydrogens is 354 g/mol. The number of nitrogens with zero attached hydrogens (tertiary/aromatic N) is 3. The highest BCUT2D eigenvalue weighted by atomic mass is 35.5. The average molecular weight is 372 g/mol. The van der Waals surface area contributed by atoms with E-state index in [-0.39, 0.29) is 17.4 Å². The van der Waals surface area contributed by atoms with Gasteiger partial charge in [0.05, 0.1) is 13.7 Å². The SMILES string of the molecule is COc1ccc(CNC(=O)c2nnn(Cc3ccccc3Cl)c2N)cc1. The average Bonchev–Trinajstić information content (AvgIpc) is 3.02. The monoisotopic (exact) mass is 371 g/mol. The van der Waals surface area contributed by atoms with Crippen LogP contribution < -0.4 is 15.8 Å². The number of rotatable bonds is 6. The predicted octanol–water partition coefficient (Wildman–Crippen LogP) is 2.50. The van der Waals surface area contributed by atoms with E-state index in [0.717, 1.165) is 16.9 Å². The third kappa shape index (κ3) is 3.94. The molecule has 0 aliphatic carbocycles. The molecule has 134 valence electrons. The van der Waals surface area contributed by atoms with E-state index >= 15 is 0 Å². The van der Waals surface area contributed by atoms with Crippen molar-refractivity contribution in [2.75, 3.05) is 12.8 Å². The van der Waals surface area contributed by atoms with E-state index in [9.17, 15) is 4.79 Å². The van der Waals surface area contributed by atoms with Gasteiger partial charge in [-0.3, -0.25) is 4.79 Å². The molecule has 8 heteroatoms. The molecule has 0 unspecified atom stereocenters. The first-order valence-electron chi connectivity index (χ1n) is 7.92. The number of hydrogen-bond acceptors (Lipinski definition) is 5. The van der Waals surface area contributed by atoms with Gasteiger partial charge in [0.15, 0.2) is 11.5 Å². The third-order valence-electron chi connectivity index (χ3n) is 3.88. The fraction of sp³-hybridized carbons (Fsp3) is 0.167. The first kappa shape index (κ1) is 17.8. The minimum absolute atomic E-state index is 0.0885. The van der Waals surface area contributed by atoms with Gasteiger partial charge in [0.25, 0.3) is 5.91 Å². The maximum atomic E-state index is 12.3. The Morgan fingerprint density at radius 1 is 1.23 bits per heavy atom. The van der Waals surface area contributed by atoms with E-state index in [0.29, 0.717) is 18.1 Å². The van der Waals surface area contributed by atoms with Crippen LogP contribution in [0.5, 0.6) is 5.75 Å². The molecule has 26 heavy (non-hydrogen) atoms. The van der Waals surface area contributed by atoms with Gasteiger partial charge in [-0.2, -0.15) is 0 Å². The summed E-state index contributed by atoms with van der Waals surface area (Å²) < 4.78 is 6.55. The van der Waals surface area contributed by atoms with E-state index in [4.69, 9.17) is 22.1 Å². The number of amides is 1. The largest absolute Gasteiger partial charge is 0.497 e. The molecular formula is C18H18ClN5O2. The summed E-state index contributed by atoms with van der Waals surface area (Å²) in [5.41, 5.74) is 7.89. The first-order valence-corrected chi connectivity index (χ1v) is 8.29. The molecule has 0 fully saturated rings. The molecule has 0 aliphatic heterocycles. The summed E-state index contributed by atoms with van der Waals surface area (Å²) in [6, 6.07) is 14.8. The van der Waals surface area contributed by atoms with Crippen LogP contribution in [-0.2, 0) is 13.1 Å². The van der Waals surface area contributed by atoms with E-state index in [2.05, 4.69) is 15.6 Å². The number of halogens is 1. The van der Waals surface area contributed by atoms with E-state index < -0.39 is 0 Å². The molecule has 3 N–H and O–H groups in total. The Bertz CT molecular complexity index is 908. The molecule has 2 aromatic carbocycles. The second-order valence-electron chi connectivity index (χ2n) is 5.60. The molecule has 0 aliphatic rings. The Morgan fingerprint density at radius 3 is 2.65 bits per heavy atom. The third-order valence-corrected chi connectivity index (χ3v) is 4.25. The Morgan fingerprint density at radius 2 is 1.96 bits per heavy atom. The molecule has 1 aromatic heterocycles. The summed E-state index contributed by atoms with van der Waals surface area (Å²) in [4.78, 5) is 12.3. The van der Waals surface area contributed by atoms with Gasteiger partial charge in [0.1, 0.15) is 5.75 Å². The summed E-state index contributed by atoms with van der Waals surface area (Å²) in [5.74, 6) is 0.563. The van der Waals surface area contributed by atoms with Gasteiger partial charge in [-0.15, -0.1) is 5.10 Å². The number of hydrogen-bond donors (Lipinski definition) is 2. The van der Waals surface area contributed by atoms with Crippen LogP contribution in [0.2, 0.25) is 5.02 Å². The highest BCUT2D eigenvalue weighted by Gasteiger charge is 2.17. The lowest BCUT2D eigenvalue weighted by Crippen LogP contribution is -2.24. The van der Waals surface area contributed by atoms with Crippen molar-refractivity contribution in [2.24, 2.45) is 0 Å². The van der Waals surface area contributed by atoms with Crippen molar-refractivity contribution >= 4 is 23.3 Å². The Kier molecular flexibility index (Phi) is 5.38. The van der Waals surface area contributed by atoms with Crippen molar-refractivity contribution in [2.45, 2.75) is 13.1 Å². The summed E-state index contributed by atoms with van der Waals surface area (Å²) >= 11 is 6.14. The van der Waals surface area contributed by atoms with Crippen LogP contribution in [0.4, 0.5) is 5.82 Å². The van der Waals surface area contributed by atoms with Crippen LogP contribution in [0.3, 0.4) is 0 Å². The molecule has 3 rings (SSSR count). The van der Waals surface area contributed by atoms with Gasteiger partial charge in [-0.1, -0.05) is 47.1 Å². The summed E-state index contributed by atoms with van der Waals surface area (Å²) in [6.45, 7) is 0.684. The number of ether oxygens (including phenoxy) is 1. The quantitative estimate of drug-likeness (QED) is 0.694. The summed E-state index contributed by atoms with van der Waals surface area (Å²) in [7, 11) is 1.60.